The Bertz CT molecular complexity index is 648. The minimum Gasteiger partial charge on any atom is -0.322 e. The van der Waals surface area contributed by atoms with Crippen molar-refractivity contribution in [1.82, 2.24) is 4.98 Å². The van der Waals surface area contributed by atoms with Gasteiger partial charge >= 0.3 is 0 Å². The number of halogens is 3. The molecular formula is C10H5F3N4. The first kappa shape index (κ1) is 11.2. The summed E-state index contributed by atoms with van der Waals surface area (Å²) in [5.41, 5.74) is 1.76. The molecule has 1 aromatic carbocycles. The van der Waals surface area contributed by atoms with Gasteiger partial charge in [-0.1, -0.05) is 0 Å². The van der Waals surface area contributed by atoms with Crippen molar-refractivity contribution in [3.8, 4) is 6.07 Å². The predicted octanol–water partition coefficient (Wildman–Crippen LogP) is 1.81. The molecule has 0 aliphatic carbocycles. The summed E-state index contributed by atoms with van der Waals surface area (Å²) in [6, 6.07) is 2.44. The fraction of sp³-hybridized carbons (Fsp3) is 0. The number of nitriles is 1. The van der Waals surface area contributed by atoms with Crippen LogP contribution in [-0.4, -0.2) is 4.98 Å². The molecular weight excluding hydrogens is 233 g/mol. The van der Waals surface area contributed by atoms with Gasteiger partial charge in [0.1, 0.15) is 6.07 Å². The molecule has 0 fully saturated rings. The highest BCUT2D eigenvalue weighted by molar-refractivity contribution is 5.94. The number of nitrogen functional groups attached to an aromatic ring is 1. The van der Waals surface area contributed by atoms with Crippen LogP contribution in [0, 0.1) is 28.8 Å². The molecule has 0 spiro atoms. The number of nitrogens with one attached hydrogen (secondary N) is 1. The maximum Gasteiger partial charge on any atom is 0.195 e. The van der Waals surface area contributed by atoms with E-state index in [0.717, 1.165) is 12.3 Å². The summed E-state index contributed by atoms with van der Waals surface area (Å²) in [5, 5.41) is 8.39. The van der Waals surface area contributed by atoms with Crippen LogP contribution in [-0.2, 0) is 0 Å². The standard InChI is InChI=1S/C10H5F3N4/c11-5-1-6-7(9(13)8(5)12)10(17-15)4(2-14)3-16-6/h1,3H,15H2,(H,16,17). The van der Waals surface area contributed by atoms with Crippen molar-refractivity contribution >= 4 is 16.6 Å². The molecule has 0 atom stereocenters. The minimum absolute atomic E-state index is 0.0649. The maximum absolute atomic E-state index is 13.6. The lowest BCUT2D eigenvalue weighted by Crippen LogP contribution is -2.10. The van der Waals surface area contributed by atoms with Crippen molar-refractivity contribution in [2.24, 2.45) is 5.84 Å². The monoisotopic (exact) mass is 238 g/mol. The van der Waals surface area contributed by atoms with Gasteiger partial charge < -0.3 is 5.43 Å². The third-order valence-electron chi connectivity index (χ3n) is 2.26. The van der Waals surface area contributed by atoms with Crippen LogP contribution in [0.25, 0.3) is 10.9 Å². The SMILES string of the molecule is N#Cc1cnc2cc(F)c(F)c(F)c2c1NN. The van der Waals surface area contributed by atoms with Gasteiger partial charge in [-0.15, -0.1) is 0 Å². The first-order valence-electron chi connectivity index (χ1n) is 4.43. The molecule has 7 heteroatoms. The Hall–Kier alpha value is -2.33. The highest BCUT2D eigenvalue weighted by Gasteiger charge is 2.19. The zero-order valence-electron chi connectivity index (χ0n) is 8.26. The third kappa shape index (κ3) is 1.55. The fourth-order valence-corrected chi connectivity index (χ4v) is 1.49. The van der Waals surface area contributed by atoms with Gasteiger partial charge in [-0.2, -0.15) is 5.26 Å². The van der Waals surface area contributed by atoms with Crippen molar-refractivity contribution in [2.45, 2.75) is 0 Å². The smallest absolute Gasteiger partial charge is 0.195 e. The molecule has 0 amide bonds. The van der Waals surface area contributed by atoms with E-state index in [-0.39, 0.29) is 22.2 Å². The van der Waals surface area contributed by atoms with Crippen LogP contribution in [0.3, 0.4) is 0 Å². The van der Waals surface area contributed by atoms with E-state index in [2.05, 4.69) is 10.4 Å². The number of hydrazine groups is 1. The molecule has 0 aliphatic heterocycles. The second kappa shape index (κ2) is 3.92. The number of pyridine rings is 1. The summed E-state index contributed by atoms with van der Waals surface area (Å²) in [5.74, 6) is 0.720. The molecule has 1 aromatic heterocycles. The second-order valence-corrected chi connectivity index (χ2v) is 3.18. The molecule has 3 N–H and O–H groups in total. The largest absolute Gasteiger partial charge is 0.322 e. The molecule has 0 radical (unpaired) electrons. The summed E-state index contributed by atoms with van der Waals surface area (Å²) in [6.45, 7) is 0. The zero-order valence-corrected chi connectivity index (χ0v) is 8.26. The van der Waals surface area contributed by atoms with Crippen molar-refractivity contribution in [2.75, 3.05) is 5.43 Å². The Kier molecular flexibility index (Phi) is 2.57. The second-order valence-electron chi connectivity index (χ2n) is 3.18. The molecule has 0 saturated carbocycles. The molecule has 86 valence electrons. The predicted molar refractivity (Wildman–Crippen MR) is 54.1 cm³/mol. The van der Waals surface area contributed by atoms with Crippen LogP contribution in [0.1, 0.15) is 5.56 Å². The van der Waals surface area contributed by atoms with Crippen molar-refractivity contribution < 1.29 is 13.2 Å². The van der Waals surface area contributed by atoms with Crippen LogP contribution in [0.15, 0.2) is 12.3 Å². The summed E-state index contributed by atoms with van der Waals surface area (Å²) in [6.07, 6.45) is 1.09. The highest BCUT2D eigenvalue weighted by Crippen LogP contribution is 2.29. The van der Waals surface area contributed by atoms with E-state index in [1.54, 1.807) is 6.07 Å². The molecule has 1 heterocycles. The fourth-order valence-electron chi connectivity index (χ4n) is 1.49. The molecule has 0 unspecified atom stereocenters. The van der Waals surface area contributed by atoms with Crippen LogP contribution in [0.5, 0.6) is 0 Å². The average molecular weight is 238 g/mol. The van der Waals surface area contributed by atoms with Crippen LogP contribution in [0.2, 0.25) is 0 Å². The van der Waals surface area contributed by atoms with Gasteiger partial charge in [-0.05, 0) is 0 Å². The van der Waals surface area contributed by atoms with E-state index in [1.807, 2.05) is 0 Å². The average Bonchev–Trinajstić information content (AvgIpc) is 2.34. The van der Waals surface area contributed by atoms with Gasteiger partial charge in [0.15, 0.2) is 17.5 Å². The third-order valence-corrected chi connectivity index (χ3v) is 2.26. The molecule has 0 bridgehead atoms. The number of hydrogen-bond acceptors (Lipinski definition) is 4. The summed E-state index contributed by atoms with van der Waals surface area (Å²) in [7, 11) is 0. The molecule has 17 heavy (non-hydrogen) atoms. The van der Waals surface area contributed by atoms with E-state index in [0.29, 0.717) is 0 Å². The van der Waals surface area contributed by atoms with Gasteiger partial charge in [-0.25, -0.2) is 13.2 Å². The van der Waals surface area contributed by atoms with Gasteiger partial charge in [0.05, 0.1) is 22.2 Å². The van der Waals surface area contributed by atoms with E-state index in [4.69, 9.17) is 11.1 Å². The number of aromatic nitrogens is 1. The lowest BCUT2D eigenvalue weighted by atomic mass is 10.1. The number of rotatable bonds is 1. The van der Waals surface area contributed by atoms with Crippen LogP contribution >= 0.6 is 0 Å². The van der Waals surface area contributed by atoms with Gasteiger partial charge in [-0.3, -0.25) is 10.8 Å². The van der Waals surface area contributed by atoms with Crippen molar-refractivity contribution in [3.05, 3.63) is 35.3 Å². The Labute approximate surface area is 93.4 Å². The molecule has 4 nitrogen and oxygen atoms in total. The number of nitrogens with two attached hydrogens (primary N) is 1. The quantitative estimate of drug-likeness (QED) is 0.451. The number of benzene rings is 1. The molecule has 2 aromatic rings. The van der Waals surface area contributed by atoms with Gasteiger partial charge in [0, 0.05) is 12.3 Å². The van der Waals surface area contributed by atoms with Gasteiger partial charge in [0.25, 0.3) is 0 Å². The topological polar surface area (TPSA) is 74.7 Å². The van der Waals surface area contributed by atoms with E-state index < -0.39 is 17.5 Å². The lowest BCUT2D eigenvalue weighted by molar-refractivity contribution is 0.453. The Balaban J connectivity index is 2.99. The molecule has 2 rings (SSSR count). The summed E-state index contributed by atoms with van der Waals surface area (Å²) in [4.78, 5) is 3.66. The van der Waals surface area contributed by atoms with Crippen molar-refractivity contribution in [3.63, 3.8) is 0 Å². The molecule has 0 aliphatic rings. The minimum atomic E-state index is -1.63. The van der Waals surface area contributed by atoms with E-state index in [9.17, 15) is 13.2 Å². The van der Waals surface area contributed by atoms with Crippen LogP contribution in [0.4, 0.5) is 18.9 Å². The summed E-state index contributed by atoms with van der Waals surface area (Å²) >= 11 is 0. The van der Waals surface area contributed by atoms with E-state index in [1.165, 1.54) is 0 Å². The number of hydrogen-bond donors (Lipinski definition) is 2. The number of nitrogens with zero attached hydrogens (tertiary/aromatic N) is 2. The van der Waals surface area contributed by atoms with Crippen LogP contribution < -0.4 is 11.3 Å². The van der Waals surface area contributed by atoms with E-state index >= 15 is 0 Å². The number of fused-ring (bicyclic) bond motifs is 1. The highest BCUT2D eigenvalue weighted by atomic mass is 19.2. The maximum atomic E-state index is 13.6. The normalized spacial score (nSPS) is 10.3. The summed E-state index contributed by atoms with van der Waals surface area (Å²) < 4.78 is 39.6. The first-order chi connectivity index (χ1) is 8.10. The van der Waals surface area contributed by atoms with Gasteiger partial charge in [0.2, 0.25) is 0 Å². The Morgan fingerprint density at radius 1 is 1.29 bits per heavy atom. The Morgan fingerprint density at radius 3 is 2.59 bits per heavy atom. The molecule has 0 saturated heterocycles. The number of anilines is 1. The Morgan fingerprint density at radius 2 is 2.00 bits per heavy atom. The zero-order chi connectivity index (χ0) is 12.6. The van der Waals surface area contributed by atoms with Crippen molar-refractivity contribution in [1.29, 1.82) is 5.26 Å². The lowest BCUT2D eigenvalue weighted by Gasteiger charge is -2.08. The first-order valence-corrected chi connectivity index (χ1v) is 4.43.